The van der Waals surface area contributed by atoms with Crippen LogP contribution in [-0.4, -0.2) is 77.4 Å². The number of fused-ring (bicyclic) bond motifs is 3. The molecule has 0 saturated carbocycles. The van der Waals surface area contributed by atoms with Crippen LogP contribution in [0, 0.1) is 0 Å². The Balaban J connectivity index is 1.13. The van der Waals surface area contributed by atoms with Gasteiger partial charge >= 0.3 is 0 Å². The summed E-state index contributed by atoms with van der Waals surface area (Å²) in [6, 6.07) is 13.1. The first-order valence-corrected chi connectivity index (χ1v) is 14.5. The normalized spacial score (nSPS) is 20.4. The molecule has 4 aliphatic heterocycles. The average molecular weight is 527 g/mol. The molecule has 4 aliphatic rings. The van der Waals surface area contributed by atoms with Crippen LogP contribution in [0.15, 0.2) is 36.4 Å². The first kappa shape index (κ1) is 24.8. The van der Waals surface area contributed by atoms with Crippen molar-refractivity contribution in [2.24, 2.45) is 7.05 Å². The smallest absolute Gasteiger partial charge is 0.294 e. The molecule has 8 nitrogen and oxygen atoms in total. The van der Waals surface area contributed by atoms with E-state index in [4.69, 9.17) is 4.98 Å². The number of carbonyl (C=O) groups is 1. The number of aliphatic hydroxyl groups excluding tert-OH is 1. The lowest BCUT2D eigenvalue weighted by Gasteiger charge is -2.22. The number of hydrogen-bond donors (Lipinski definition) is 2. The number of imidazole rings is 1. The lowest BCUT2D eigenvalue weighted by atomic mass is 9.93. The highest BCUT2D eigenvalue weighted by Gasteiger charge is 2.32. The second kappa shape index (κ2) is 10.1. The number of nitrogens with one attached hydrogen (secondary N) is 1. The van der Waals surface area contributed by atoms with Crippen LogP contribution in [0.5, 0.6) is 0 Å². The fraction of sp³-hybridized carbons (Fsp3) is 0.484. The summed E-state index contributed by atoms with van der Waals surface area (Å²) in [7, 11) is 1.98. The maximum Gasteiger partial charge on any atom is 0.294 e. The first-order valence-electron chi connectivity index (χ1n) is 14.5. The Morgan fingerprint density at radius 1 is 1.00 bits per heavy atom. The molecule has 1 saturated heterocycles. The maximum absolute atomic E-state index is 13.7. The molecule has 0 bridgehead atoms. The fourth-order valence-electron chi connectivity index (χ4n) is 7.15. The summed E-state index contributed by atoms with van der Waals surface area (Å²) >= 11 is 0. The van der Waals surface area contributed by atoms with Crippen LogP contribution < -0.4 is 15.1 Å². The molecule has 39 heavy (non-hydrogen) atoms. The largest absolute Gasteiger partial charge is 0.392 e. The third-order valence-electron chi connectivity index (χ3n) is 9.16. The summed E-state index contributed by atoms with van der Waals surface area (Å²) in [5.41, 5.74) is 9.82. The molecule has 1 fully saturated rings. The number of anilines is 2. The van der Waals surface area contributed by atoms with E-state index in [1.54, 1.807) is 0 Å². The van der Waals surface area contributed by atoms with Crippen molar-refractivity contribution in [2.45, 2.75) is 44.8 Å². The maximum atomic E-state index is 13.7. The summed E-state index contributed by atoms with van der Waals surface area (Å²) in [6.07, 6.45) is 4.68. The highest BCUT2D eigenvalue weighted by molar-refractivity contribution is 6.06. The van der Waals surface area contributed by atoms with Gasteiger partial charge in [0, 0.05) is 76.4 Å². The Labute approximate surface area is 230 Å². The number of β-amino-alcohol motifs (C(OH)–C–C–N with tert-alkyl or cyclic N) is 1. The summed E-state index contributed by atoms with van der Waals surface area (Å²) in [5, 5.41) is 13.2. The van der Waals surface area contributed by atoms with Gasteiger partial charge in [-0.2, -0.15) is 0 Å². The number of likely N-dealkylation sites (tertiary alicyclic amines) is 1. The van der Waals surface area contributed by atoms with E-state index in [1.807, 2.05) is 16.5 Å². The zero-order valence-electron chi connectivity index (χ0n) is 22.8. The van der Waals surface area contributed by atoms with E-state index in [2.05, 4.69) is 51.5 Å². The monoisotopic (exact) mass is 526 g/mol. The molecule has 0 spiro atoms. The molecule has 204 valence electrons. The molecule has 3 aromatic rings. The van der Waals surface area contributed by atoms with Gasteiger partial charge in [0.25, 0.3) is 5.91 Å². The number of aromatic nitrogens is 2. The molecule has 1 atom stereocenters. The van der Waals surface area contributed by atoms with Crippen molar-refractivity contribution >= 4 is 17.3 Å². The Hall–Kier alpha value is -3.20. The van der Waals surface area contributed by atoms with Crippen LogP contribution in [0.3, 0.4) is 0 Å². The molecular formula is C31H38N6O2. The third kappa shape index (κ3) is 4.35. The van der Waals surface area contributed by atoms with Crippen molar-refractivity contribution in [3.8, 4) is 11.1 Å². The van der Waals surface area contributed by atoms with Gasteiger partial charge in [-0.05, 0) is 66.6 Å². The molecule has 1 unspecified atom stereocenters. The van der Waals surface area contributed by atoms with Gasteiger partial charge in [-0.1, -0.05) is 24.3 Å². The second-order valence-corrected chi connectivity index (χ2v) is 11.5. The van der Waals surface area contributed by atoms with Gasteiger partial charge in [0.15, 0.2) is 5.82 Å². The number of aliphatic hydroxyl groups is 1. The quantitative estimate of drug-likeness (QED) is 0.515. The lowest BCUT2D eigenvalue weighted by molar-refractivity contribution is 0.0976. The number of hydrogen-bond acceptors (Lipinski definition) is 6. The molecule has 0 radical (unpaired) electrons. The van der Waals surface area contributed by atoms with Gasteiger partial charge in [0.2, 0.25) is 0 Å². The van der Waals surface area contributed by atoms with Crippen LogP contribution in [0.4, 0.5) is 11.4 Å². The fourth-order valence-corrected chi connectivity index (χ4v) is 7.15. The molecule has 7 rings (SSSR count). The van der Waals surface area contributed by atoms with Gasteiger partial charge in [-0.3, -0.25) is 4.79 Å². The lowest BCUT2D eigenvalue weighted by Crippen LogP contribution is -2.31. The van der Waals surface area contributed by atoms with Crippen molar-refractivity contribution in [1.82, 2.24) is 19.8 Å². The number of rotatable bonds is 6. The second-order valence-electron chi connectivity index (χ2n) is 11.5. The van der Waals surface area contributed by atoms with Crippen molar-refractivity contribution in [3.05, 3.63) is 64.7 Å². The zero-order chi connectivity index (χ0) is 26.5. The molecule has 2 aromatic carbocycles. The van der Waals surface area contributed by atoms with Gasteiger partial charge in [0.05, 0.1) is 11.8 Å². The average Bonchev–Trinajstić information content (AvgIpc) is 3.74. The number of carbonyl (C=O) groups excluding carboxylic acids is 1. The van der Waals surface area contributed by atoms with Crippen LogP contribution in [-0.2, 0) is 32.9 Å². The van der Waals surface area contributed by atoms with Crippen LogP contribution in [0.2, 0.25) is 0 Å². The Kier molecular flexibility index (Phi) is 6.41. The van der Waals surface area contributed by atoms with E-state index in [0.717, 1.165) is 89.3 Å². The molecule has 1 amide bonds. The minimum Gasteiger partial charge on any atom is -0.392 e. The molecule has 2 N–H and O–H groups in total. The SMILES string of the molecule is Cn1c(C(=O)N2CCc3c(-c4cccc5c4CCN5CCCN4CCC(O)C4)cccc32)nc2c1CCNC2. The first-order chi connectivity index (χ1) is 19.1. The van der Waals surface area contributed by atoms with Crippen LogP contribution in [0.25, 0.3) is 11.1 Å². The highest BCUT2D eigenvalue weighted by Crippen LogP contribution is 2.42. The minimum atomic E-state index is -0.148. The van der Waals surface area contributed by atoms with E-state index in [-0.39, 0.29) is 12.0 Å². The summed E-state index contributed by atoms with van der Waals surface area (Å²) < 4.78 is 2.00. The molecule has 5 heterocycles. The van der Waals surface area contributed by atoms with E-state index in [1.165, 1.54) is 33.6 Å². The van der Waals surface area contributed by atoms with Gasteiger partial charge in [0.1, 0.15) is 0 Å². The van der Waals surface area contributed by atoms with Crippen molar-refractivity contribution < 1.29 is 9.90 Å². The third-order valence-corrected chi connectivity index (χ3v) is 9.16. The zero-order valence-corrected chi connectivity index (χ0v) is 22.8. The number of amides is 1. The van der Waals surface area contributed by atoms with Gasteiger partial charge in [-0.15, -0.1) is 0 Å². The van der Waals surface area contributed by atoms with Gasteiger partial charge in [-0.25, -0.2) is 4.98 Å². The Bertz CT molecular complexity index is 1410. The number of nitrogens with zero attached hydrogens (tertiary/aromatic N) is 5. The Morgan fingerprint density at radius 3 is 2.54 bits per heavy atom. The summed E-state index contributed by atoms with van der Waals surface area (Å²) in [4.78, 5) is 25.3. The predicted molar refractivity (Wildman–Crippen MR) is 153 cm³/mol. The van der Waals surface area contributed by atoms with Crippen LogP contribution >= 0.6 is 0 Å². The van der Waals surface area contributed by atoms with E-state index in [0.29, 0.717) is 12.4 Å². The van der Waals surface area contributed by atoms with E-state index < -0.39 is 0 Å². The van der Waals surface area contributed by atoms with Crippen LogP contribution in [0.1, 0.15) is 46.0 Å². The minimum absolute atomic E-state index is 0.00205. The Morgan fingerprint density at radius 2 is 1.77 bits per heavy atom. The number of benzene rings is 2. The molecule has 1 aromatic heterocycles. The van der Waals surface area contributed by atoms with Gasteiger partial charge < -0.3 is 29.7 Å². The summed E-state index contributed by atoms with van der Waals surface area (Å²) in [6.45, 7) is 7.32. The molecule has 0 aliphatic carbocycles. The molecule has 8 heteroatoms. The van der Waals surface area contributed by atoms with Crippen molar-refractivity contribution in [2.75, 3.05) is 55.6 Å². The van der Waals surface area contributed by atoms with E-state index in [9.17, 15) is 9.90 Å². The standard InChI is InChI=1S/C31H38N6O2/c1-34-29-9-13-32-19-26(29)33-30(34)31(39)37-18-12-25-23(6-3-8-28(25)37)22-5-2-7-27-24(22)11-17-36(27)15-4-14-35-16-10-21(38)20-35/h2-3,5-8,21,32,38H,4,9-20H2,1H3. The highest BCUT2D eigenvalue weighted by atomic mass is 16.3. The van der Waals surface area contributed by atoms with E-state index >= 15 is 0 Å². The summed E-state index contributed by atoms with van der Waals surface area (Å²) in [5.74, 6) is 0.541. The van der Waals surface area contributed by atoms with Crippen molar-refractivity contribution in [3.63, 3.8) is 0 Å². The molecular weight excluding hydrogens is 488 g/mol. The topological polar surface area (TPSA) is 76.9 Å². The predicted octanol–water partition coefficient (Wildman–Crippen LogP) is 2.75. The van der Waals surface area contributed by atoms with Crippen molar-refractivity contribution in [1.29, 1.82) is 0 Å².